The Bertz CT molecular complexity index is 716. The zero-order valence-electron chi connectivity index (χ0n) is 14.5. The fourth-order valence-electron chi connectivity index (χ4n) is 2.91. The monoisotopic (exact) mass is 387 g/mol. The first-order valence-electron chi connectivity index (χ1n) is 8.17. The van der Waals surface area contributed by atoms with Gasteiger partial charge in [0, 0.05) is 23.8 Å². The molecule has 1 heterocycles. The minimum Gasteiger partial charge on any atom is -0.461 e. The molecule has 0 unspecified atom stereocenters. The van der Waals surface area contributed by atoms with Crippen molar-refractivity contribution in [3.63, 3.8) is 0 Å². The highest BCUT2D eigenvalue weighted by Gasteiger charge is 2.39. The molecule has 1 aromatic carbocycles. The number of nitrogens with one attached hydrogen (secondary N) is 1. The molecule has 0 saturated carbocycles. The number of allylic oxidation sites excluding steroid dienone is 1. The molecule has 4 nitrogen and oxygen atoms in total. The summed E-state index contributed by atoms with van der Waals surface area (Å²) in [4.78, 5) is 24.4. The molecule has 0 spiro atoms. The second-order valence-electron chi connectivity index (χ2n) is 5.76. The lowest BCUT2D eigenvalue weighted by atomic mass is 9.82. The third kappa shape index (κ3) is 4.81. The molecule has 1 aliphatic heterocycles. The van der Waals surface area contributed by atoms with Crippen LogP contribution in [0.1, 0.15) is 37.3 Å². The maximum Gasteiger partial charge on any atom is 0.416 e. The average molecular weight is 387 g/mol. The summed E-state index contributed by atoms with van der Waals surface area (Å²) in [5.74, 6) is -0.640. The quantitative estimate of drug-likeness (QED) is 0.595. The van der Waals surface area contributed by atoms with Gasteiger partial charge in [0.15, 0.2) is 0 Å². The van der Waals surface area contributed by atoms with Crippen molar-refractivity contribution in [3.8, 4) is 0 Å². The Kier molecular flexibility index (Phi) is 6.75. The number of esters is 1. The molecule has 0 aliphatic carbocycles. The van der Waals surface area contributed by atoms with Crippen LogP contribution in [0.2, 0.25) is 0 Å². The van der Waals surface area contributed by atoms with E-state index in [4.69, 9.17) is 4.74 Å². The Morgan fingerprint density at radius 2 is 2.04 bits per heavy atom. The number of ether oxygens (including phenoxy) is 1. The predicted molar refractivity (Wildman–Crippen MR) is 93.6 cm³/mol. The van der Waals surface area contributed by atoms with Gasteiger partial charge in [-0.1, -0.05) is 25.1 Å². The number of halogens is 3. The van der Waals surface area contributed by atoms with Gasteiger partial charge in [-0.3, -0.25) is 4.79 Å². The van der Waals surface area contributed by atoms with E-state index in [9.17, 15) is 22.8 Å². The number of amides is 1. The average Bonchev–Trinajstić information content (AvgIpc) is 2.57. The van der Waals surface area contributed by atoms with Crippen LogP contribution in [0.4, 0.5) is 13.2 Å². The Balaban J connectivity index is 2.38. The van der Waals surface area contributed by atoms with Gasteiger partial charge in [0.2, 0.25) is 5.91 Å². The molecule has 0 saturated heterocycles. The van der Waals surface area contributed by atoms with E-state index in [1.807, 2.05) is 6.92 Å². The molecule has 26 heavy (non-hydrogen) atoms. The van der Waals surface area contributed by atoms with Crippen LogP contribution in [0, 0.1) is 0 Å². The number of carbonyl (C=O) groups excluding carboxylic acids is 2. The van der Waals surface area contributed by atoms with Gasteiger partial charge in [0.05, 0.1) is 11.1 Å². The van der Waals surface area contributed by atoms with Crippen molar-refractivity contribution >= 4 is 23.6 Å². The van der Waals surface area contributed by atoms with E-state index in [0.29, 0.717) is 5.75 Å². The lowest BCUT2D eigenvalue weighted by Gasteiger charge is -2.28. The van der Waals surface area contributed by atoms with E-state index in [1.54, 1.807) is 11.8 Å². The second-order valence-corrected chi connectivity index (χ2v) is 7.16. The van der Waals surface area contributed by atoms with Crippen LogP contribution in [-0.4, -0.2) is 30.0 Å². The van der Waals surface area contributed by atoms with Gasteiger partial charge in [0.1, 0.15) is 6.61 Å². The van der Waals surface area contributed by atoms with Gasteiger partial charge >= 0.3 is 12.1 Å². The van der Waals surface area contributed by atoms with Gasteiger partial charge in [-0.25, -0.2) is 4.79 Å². The molecule has 0 bridgehead atoms. The zero-order chi connectivity index (χ0) is 19.3. The normalized spacial score (nSPS) is 17.9. The van der Waals surface area contributed by atoms with E-state index in [1.165, 1.54) is 25.1 Å². The van der Waals surface area contributed by atoms with E-state index in [2.05, 4.69) is 5.32 Å². The van der Waals surface area contributed by atoms with Gasteiger partial charge in [-0.05, 0) is 24.3 Å². The summed E-state index contributed by atoms with van der Waals surface area (Å²) in [6.07, 6.45) is -4.82. The van der Waals surface area contributed by atoms with Crippen molar-refractivity contribution in [3.05, 3.63) is 46.7 Å². The van der Waals surface area contributed by atoms with Crippen LogP contribution >= 0.6 is 11.8 Å². The highest BCUT2D eigenvalue weighted by Crippen LogP contribution is 2.41. The smallest absolute Gasteiger partial charge is 0.416 e. The van der Waals surface area contributed by atoms with Gasteiger partial charge in [-0.2, -0.15) is 24.9 Å². The Morgan fingerprint density at radius 3 is 2.69 bits per heavy atom. The standard InChI is InChI=1S/C18H20F3NO3S/c1-3-26-9-8-25-17(24)16-11(2)22-15(23)10-13(16)12-6-4-5-7-14(12)18(19,20)21/h4-7,13H,3,8-10H2,1-2H3,(H,22,23)/t13-/m1/s1. The maximum atomic E-state index is 13.4. The summed E-state index contributed by atoms with van der Waals surface area (Å²) in [5.41, 5.74) is -0.636. The molecule has 1 atom stereocenters. The van der Waals surface area contributed by atoms with Crippen molar-refractivity contribution in [2.75, 3.05) is 18.1 Å². The van der Waals surface area contributed by atoms with E-state index in [-0.39, 0.29) is 29.9 Å². The predicted octanol–water partition coefficient (Wildman–Crippen LogP) is 3.88. The van der Waals surface area contributed by atoms with Gasteiger partial charge < -0.3 is 10.1 Å². The van der Waals surface area contributed by atoms with Crippen LogP contribution in [-0.2, 0) is 20.5 Å². The number of thioether (sulfide) groups is 1. The van der Waals surface area contributed by atoms with Crippen LogP contribution in [0.3, 0.4) is 0 Å². The SMILES string of the molecule is CCSCCOC(=O)C1=C(C)NC(=O)C[C@@H]1c1ccccc1C(F)(F)F. The van der Waals surface area contributed by atoms with Crippen molar-refractivity contribution in [2.24, 2.45) is 0 Å². The molecule has 1 amide bonds. The van der Waals surface area contributed by atoms with E-state index < -0.39 is 29.5 Å². The molecule has 142 valence electrons. The van der Waals surface area contributed by atoms with E-state index >= 15 is 0 Å². The lowest BCUT2D eigenvalue weighted by Crippen LogP contribution is -2.35. The summed E-state index contributed by atoms with van der Waals surface area (Å²) in [6.45, 7) is 3.63. The fourth-order valence-corrected chi connectivity index (χ4v) is 3.40. The second kappa shape index (κ2) is 8.62. The number of benzene rings is 1. The van der Waals surface area contributed by atoms with E-state index in [0.717, 1.165) is 11.8 Å². The number of carbonyl (C=O) groups is 2. The summed E-state index contributed by atoms with van der Waals surface area (Å²) in [7, 11) is 0. The molecule has 1 aliphatic rings. The van der Waals surface area contributed by atoms with Crippen LogP contribution in [0.5, 0.6) is 0 Å². The fraction of sp³-hybridized carbons (Fsp3) is 0.444. The van der Waals surface area contributed by atoms with Crippen molar-refractivity contribution in [1.82, 2.24) is 5.32 Å². The lowest BCUT2D eigenvalue weighted by molar-refractivity contribution is -0.141. The first-order chi connectivity index (χ1) is 12.3. The van der Waals surface area contributed by atoms with Gasteiger partial charge in [0.25, 0.3) is 0 Å². The Labute approximate surface area is 154 Å². The molecule has 2 rings (SSSR count). The van der Waals surface area contributed by atoms with Crippen molar-refractivity contribution < 1.29 is 27.5 Å². The van der Waals surface area contributed by atoms with Crippen LogP contribution in [0.25, 0.3) is 0 Å². The van der Waals surface area contributed by atoms with Gasteiger partial charge in [-0.15, -0.1) is 0 Å². The minimum absolute atomic E-state index is 0.0720. The van der Waals surface area contributed by atoms with Crippen LogP contribution in [0.15, 0.2) is 35.5 Å². The summed E-state index contributed by atoms with van der Waals surface area (Å²) in [5, 5.41) is 2.52. The molecule has 8 heteroatoms. The third-order valence-corrected chi connectivity index (χ3v) is 4.86. The highest BCUT2D eigenvalue weighted by atomic mass is 32.2. The number of rotatable bonds is 6. The molecular formula is C18H20F3NO3S. The minimum atomic E-state index is -4.58. The number of hydrogen-bond donors (Lipinski definition) is 1. The maximum absolute atomic E-state index is 13.4. The molecule has 1 aromatic rings. The largest absolute Gasteiger partial charge is 0.461 e. The van der Waals surface area contributed by atoms with Crippen molar-refractivity contribution in [2.45, 2.75) is 32.4 Å². The molecule has 0 fully saturated rings. The molecule has 0 aromatic heterocycles. The first-order valence-corrected chi connectivity index (χ1v) is 9.32. The third-order valence-electron chi connectivity index (χ3n) is 4.00. The number of hydrogen-bond acceptors (Lipinski definition) is 4. The van der Waals surface area contributed by atoms with Crippen molar-refractivity contribution in [1.29, 1.82) is 0 Å². The summed E-state index contributed by atoms with van der Waals surface area (Å²) < 4.78 is 45.3. The molecule has 1 N–H and O–H groups in total. The number of alkyl halides is 3. The highest BCUT2D eigenvalue weighted by molar-refractivity contribution is 7.99. The first kappa shape index (κ1) is 20.4. The topological polar surface area (TPSA) is 55.4 Å². The zero-order valence-corrected chi connectivity index (χ0v) is 15.3. The molecular weight excluding hydrogens is 367 g/mol. The summed E-state index contributed by atoms with van der Waals surface area (Å²) >= 11 is 1.59. The molecule has 0 radical (unpaired) electrons. The van der Waals surface area contributed by atoms with Crippen LogP contribution < -0.4 is 5.32 Å². The Morgan fingerprint density at radius 1 is 1.35 bits per heavy atom. The summed E-state index contributed by atoms with van der Waals surface area (Å²) in [6, 6.07) is 5.01. The Hall–Kier alpha value is -1.96.